The van der Waals surface area contributed by atoms with Gasteiger partial charge in [0.15, 0.2) is 0 Å². The minimum absolute atomic E-state index is 0.668. The molecule has 1 atom stereocenters. The molecule has 0 aromatic heterocycles. The first-order chi connectivity index (χ1) is 10.2. The third-order valence-corrected chi connectivity index (χ3v) is 4.23. The lowest BCUT2D eigenvalue weighted by Crippen LogP contribution is -2.01. The summed E-state index contributed by atoms with van der Waals surface area (Å²) >= 11 is 3.46. The number of methoxy groups -OCH3 is 1. The molecule has 3 rings (SSSR count). The lowest BCUT2D eigenvalue weighted by atomic mass is 9.96. The second kappa shape index (κ2) is 5.88. The van der Waals surface area contributed by atoms with Crippen LogP contribution in [0.1, 0.15) is 17.2 Å². The fraction of sp³-hybridized carbons (Fsp3) is 0.111. The van der Waals surface area contributed by atoms with Gasteiger partial charge in [0.05, 0.1) is 11.6 Å². The summed E-state index contributed by atoms with van der Waals surface area (Å²) in [4.78, 5) is 0. The zero-order valence-corrected chi connectivity index (χ0v) is 13.2. The van der Waals surface area contributed by atoms with Crippen LogP contribution in [-0.2, 0) is 0 Å². The molecule has 3 heteroatoms. The first-order valence-corrected chi connectivity index (χ1v) is 7.49. The molecule has 0 aliphatic heterocycles. The van der Waals surface area contributed by atoms with Crippen LogP contribution in [0, 0.1) is 0 Å². The molecule has 0 saturated heterocycles. The summed E-state index contributed by atoms with van der Waals surface area (Å²) in [5.74, 6) is 0.754. The summed E-state index contributed by atoms with van der Waals surface area (Å²) in [6.45, 7) is 0. The number of aliphatic hydroxyl groups is 1. The van der Waals surface area contributed by atoms with E-state index in [9.17, 15) is 5.11 Å². The maximum Gasteiger partial charge on any atom is 0.133 e. The predicted octanol–water partition coefficient (Wildman–Crippen LogP) is 4.69. The Labute approximate surface area is 132 Å². The molecule has 0 saturated carbocycles. The van der Waals surface area contributed by atoms with Gasteiger partial charge < -0.3 is 9.84 Å². The van der Waals surface area contributed by atoms with Gasteiger partial charge in [-0.1, -0.05) is 48.5 Å². The number of hydrogen-bond acceptors (Lipinski definition) is 2. The quantitative estimate of drug-likeness (QED) is 0.747. The minimum Gasteiger partial charge on any atom is -0.496 e. The highest BCUT2D eigenvalue weighted by Gasteiger charge is 2.14. The summed E-state index contributed by atoms with van der Waals surface area (Å²) in [5.41, 5.74) is 1.74. The van der Waals surface area contributed by atoms with Crippen LogP contribution in [0.3, 0.4) is 0 Å². The number of aliphatic hydroxyl groups excluding tert-OH is 1. The molecule has 1 N–H and O–H groups in total. The highest BCUT2D eigenvalue weighted by Crippen LogP contribution is 2.33. The summed E-state index contributed by atoms with van der Waals surface area (Å²) in [5, 5.41) is 12.9. The Morgan fingerprint density at radius 2 is 1.76 bits per heavy atom. The Bertz CT molecular complexity index is 778. The van der Waals surface area contributed by atoms with Gasteiger partial charge in [0.2, 0.25) is 0 Å². The summed E-state index contributed by atoms with van der Waals surface area (Å²) in [6, 6.07) is 19.7. The molecule has 0 amide bonds. The van der Waals surface area contributed by atoms with Gasteiger partial charge >= 0.3 is 0 Å². The topological polar surface area (TPSA) is 29.5 Å². The largest absolute Gasteiger partial charge is 0.496 e. The Balaban J connectivity index is 2.08. The Morgan fingerprint density at radius 3 is 2.52 bits per heavy atom. The van der Waals surface area contributed by atoms with Crippen molar-refractivity contribution in [2.75, 3.05) is 7.11 Å². The van der Waals surface area contributed by atoms with E-state index in [-0.39, 0.29) is 0 Å². The molecule has 3 aromatic rings. The molecule has 1 unspecified atom stereocenters. The highest BCUT2D eigenvalue weighted by atomic mass is 79.9. The van der Waals surface area contributed by atoms with Gasteiger partial charge in [-0.15, -0.1) is 0 Å². The molecule has 0 heterocycles. The standard InChI is InChI=1S/C18H15BrO2/c1-21-17-10-9-13(11-16(17)19)18(20)15-8-4-6-12-5-2-3-7-14(12)15/h2-11,18,20H,1H3. The molecule has 3 aromatic carbocycles. The number of benzene rings is 3. The normalized spacial score (nSPS) is 12.3. The van der Waals surface area contributed by atoms with Crippen LogP contribution in [-0.4, -0.2) is 12.2 Å². The molecule has 106 valence electrons. The smallest absolute Gasteiger partial charge is 0.133 e. The SMILES string of the molecule is COc1ccc(C(O)c2cccc3ccccc23)cc1Br. The molecule has 0 aliphatic carbocycles. The van der Waals surface area contributed by atoms with Gasteiger partial charge in [0.1, 0.15) is 11.9 Å². The van der Waals surface area contributed by atoms with Crippen molar-refractivity contribution in [3.05, 3.63) is 76.3 Å². The van der Waals surface area contributed by atoms with Gasteiger partial charge in [0, 0.05) is 0 Å². The third kappa shape index (κ3) is 2.67. The first kappa shape index (κ1) is 14.1. The van der Waals surface area contributed by atoms with Crippen molar-refractivity contribution in [2.24, 2.45) is 0 Å². The fourth-order valence-electron chi connectivity index (χ4n) is 2.52. The summed E-state index contributed by atoms with van der Waals surface area (Å²) < 4.78 is 6.06. The molecule has 0 radical (unpaired) electrons. The van der Waals surface area contributed by atoms with Crippen molar-refractivity contribution in [1.29, 1.82) is 0 Å². The molecule has 0 bridgehead atoms. The first-order valence-electron chi connectivity index (χ1n) is 6.70. The molecule has 0 spiro atoms. The molecule has 0 fully saturated rings. The lowest BCUT2D eigenvalue weighted by molar-refractivity contribution is 0.221. The van der Waals surface area contributed by atoms with Gasteiger partial charge in [-0.3, -0.25) is 0 Å². The van der Waals surface area contributed by atoms with Crippen LogP contribution in [0.2, 0.25) is 0 Å². The summed E-state index contributed by atoms with van der Waals surface area (Å²) in [7, 11) is 1.63. The van der Waals surface area contributed by atoms with Gasteiger partial charge in [0.25, 0.3) is 0 Å². The lowest BCUT2D eigenvalue weighted by Gasteiger charge is -2.15. The molecular formula is C18H15BrO2. The average Bonchev–Trinajstić information content (AvgIpc) is 2.53. The third-order valence-electron chi connectivity index (χ3n) is 3.61. The maximum atomic E-state index is 10.7. The summed E-state index contributed by atoms with van der Waals surface area (Å²) in [6.07, 6.45) is -0.668. The predicted molar refractivity (Wildman–Crippen MR) is 88.7 cm³/mol. The second-order valence-electron chi connectivity index (χ2n) is 4.86. The van der Waals surface area contributed by atoms with Crippen LogP contribution < -0.4 is 4.74 Å². The number of ether oxygens (including phenoxy) is 1. The Hall–Kier alpha value is -1.84. The molecule has 21 heavy (non-hydrogen) atoms. The van der Waals surface area contributed by atoms with E-state index in [4.69, 9.17) is 4.74 Å². The highest BCUT2D eigenvalue weighted by molar-refractivity contribution is 9.10. The van der Waals surface area contributed by atoms with E-state index < -0.39 is 6.10 Å². The van der Waals surface area contributed by atoms with Crippen molar-refractivity contribution in [3.63, 3.8) is 0 Å². The van der Waals surface area contributed by atoms with E-state index in [1.165, 1.54) is 0 Å². The van der Waals surface area contributed by atoms with Crippen molar-refractivity contribution >= 4 is 26.7 Å². The van der Waals surface area contributed by atoms with Gasteiger partial charge in [-0.2, -0.15) is 0 Å². The van der Waals surface area contributed by atoms with Crippen molar-refractivity contribution in [3.8, 4) is 5.75 Å². The van der Waals surface area contributed by atoms with Crippen LogP contribution >= 0.6 is 15.9 Å². The Morgan fingerprint density at radius 1 is 1.00 bits per heavy atom. The van der Waals surface area contributed by atoms with Crippen molar-refractivity contribution in [1.82, 2.24) is 0 Å². The maximum absolute atomic E-state index is 10.7. The van der Waals surface area contributed by atoms with E-state index in [0.717, 1.165) is 32.1 Å². The van der Waals surface area contributed by atoms with Crippen LogP contribution in [0.4, 0.5) is 0 Å². The van der Waals surface area contributed by atoms with Crippen LogP contribution in [0.15, 0.2) is 65.1 Å². The fourth-order valence-corrected chi connectivity index (χ4v) is 3.08. The van der Waals surface area contributed by atoms with Crippen LogP contribution in [0.25, 0.3) is 10.8 Å². The molecule has 2 nitrogen and oxygen atoms in total. The van der Waals surface area contributed by atoms with E-state index in [1.54, 1.807) is 7.11 Å². The second-order valence-corrected chi connectivity index (χ2v) is 5.72. The minimum atomic E-state index is -0.668. The number of rotatable bonds is 3. The molecular weight excluding hydrogens is 328 g/mol. The number of halogens is 1. The average molecular weight is 343 g/mol. The van der Waals surface area contributed by atoms with Gasteiger partial charge in [-0.25, -0.2) is 0 Å². The zero-order chi connectivity index (χ0) is 14.8. The monoisotopic (exact) mass is 342 g/mol. The van der Waals surface area contributed by atoms with E-state index >= 15 is 0 Å². The number of fused-ring (bicyclic) bond motifs is 1. The zero-order valence-electron chi connectivity index (χ0n) is 11.6. The van der Waals surface area contributed by atoms with Crippen molar-refractivity contribution in [2.45, 2.75) is 6.10 Å². The van der Waals surface area contributed by atoms with Crippen molar-refractivity contribution < 1.29 is 9.84 Å². The molecule has 0 aliphatic rings. The van der Waals surface area contributed by atoms with E-state index in [0.29, 0.717) is 0 Å². The Kier molecular flexibility index (Phi) is 3.95. The van der Waals surface area contributed by atoms with E-state index in [2.05, 4.69) is 28.1 Å². The van der Waals surface area contributed by atoms with Gasteiger partial charge in [-0.05, 0) is 50.0 Å². The van der Waals surface area contributed by atoms with Crippen LogP contribution in [0.5, 0.6) is 5.75 Å². The van der Waals surface area contributed by atoms with E-state index in [1.807, 2.05) is 48.5 Å². The number of hydrogen-bond donors (Lipinski definition) is 1.